The monoisotopic (exact) mass is 266 g/mol. The van der Waals surface area contributed by atoms with E-state index in [0.717, 1.165) is 0 Å². The number of rotatable bonds is 3. The Kier molecular flexibility index (Phi) is 3.00. The van der Waals surface area contributed by atoms with E-state index in [1.54, 1.807) is 42.8 Å². The molecule has 0 atom stereocenters. The number of aromatic nitrogens is 2. The average molecular weight is 266 g/mol. The summed E-state index contributed by atoms with van der Waals surface area (Å²) in [5.41, 5.74) is 6.50. The fourth-order valence-corrected chi connectivity index (χ4v) is 2.56. The third kappa shape index (κ3) is 2.45. The molecule has 3 N–H and O–H groups in total. The van der Waals surface area contributed by atoms with Crippen LogP contribution in [0.3, 0.4) is 0 Å². The molecular weight excluding hydrogens is 252 g/mol. The average Bonchev–Trinajstić information content (AvgIpc) is 2.59. The number of imidazole rings is 1. The predicted molar refractivity (Wildman–Crippen MR) is 69.6 cm³/mol. The van der Waals surface area contributed by atoms with E-state index in [9.17, 15) is 8.42 Å². The molecule has 2 rings (SSSR count). The van der Waals surface area contributed by atoms with Crippen LogP contribution < -0.4 is 10.5 Å². The van der Waals surface area contributed by atoms with Crippen molar-refractivity contribution in [3.8, 4) is 0 Å². The molecular formula is C11H14N4O2S. The highest BCUT2D eigenvalue weighted by atomic mass is 32.2. The van der Waals surface area contributed by atoms with Crippen molar-refractivity contribution in [2.45, 2.75) is 11.9 Å². The van der Waals surface area contributed by atoms with Crippen LogP contribution in [-0.2, 0) is 17.1 Å². The number of aryl methyl sites for hydroxylation is 2. The van der Waals surface area contributed by atoms with Gasteiger partial charge in [-0.05, 0) is 25.1 Å². The summed E-state index contributed by atoms with van der Waals surface area (Å²) in [6, 6.07) is 6.54. The number of nitrogen functional groups attached to an aromatic ring is 1. The van der Waals surface area contributed by atoms with E-state index in [1.165, 1.54) is 6.20 Å². The van der Waals surface area contributed by atoms with Crippen LogP contribution in [0.1, 0.15) is 5.82 Å². The van der Waals surface area contributed by atoms with Crippen LogP contribution in [0.15, 0.2) is 35.5 Å². The summed E-state index contributed by atoms with van der Waals surface area (Å²) < 4.78 is 28.2. The highest BCUT2D eigenvalue weighted by molar-refractivity contribution is 7.92. The minimum Gasteiger partial charge on any atom is -0.399 e. The van der Waals surface area contributed by atoms with Crippen molar-refractivity contribution in [1.29, 1.82) is 0 Å². The van der Waals surface area contributed by atoms with E-state index in [4.69, 9.17) is 5.73 Å². The van der Waals surface area contributed by atoms with Gasteiger partial charge in [-0.2, -0.15) is 8.42 Å². The Hall–Kier alpha value is -2.02. The molecule has 18 heavy (non-hydrogen) atoms. The number of hydrogen-bond acceptors (Lipinski definition) is 4. The number of nitrogens with zero attached hydrogens (tertiary/aromatic N) is 2. The minimum atomic E-state index is -3.67. The van der Waals surface area contributed by atoms with E-state index in [2.05, 4.69) is 9.71 Å². The zero-order valence-electron chi connectivity index (χ0n) is 10.1. The Morgan fingerprint density at radius 1 is 1.39 bits per heavy atom. The van der Waals surface area contributed by atoms with Gasteiger partial charge in [-0.3, -0.25) is 4.72 Å². The quantitative estimate of drug-likeness (QED) is 0.814. The van der Waals surface area contributed by atoms with Crippen molar-refractivity contribution >= 4 is 21.4 Å². The molecule has 0 aliphatic heterocycles. The predicted octanol–water partition coefficient (Wildman–Crippen LogP) is 1.11. The molecule has 1 heterocycles. The smallest absolute Gasteiger partial charge is 0.280 e. The first kappa shape index (κ1) is 12.4. The number of anilines is 2. The van der Waals surface area contributed by atoms with Gasteiger partial charge in [0.1, 0.15) is 5.82 Å². The summed E-state index contributed by atoms with van der Waals surface area (Å²) in [5.74, 6) is 0.628. The number of nitrogens with two attached hydrogens (primary N) is 1. The number of benzene rings is 1. The minimum absolute atomic E-state index is 0.00933. The van der Waals surface area contributed by atoms with Gasteiger partial charge in [0.25, 0.3) is 10.0 Å². The third-order valence-electron chi connectivity index (χ3n) is 2.50. The lowest BCUT2D eigenvalue weighted by molar-refractivity contribution is 0.598. The normalized spacial score (nSPS) is 11.4. The first-order valence-corrected chi connectivity index (χ1v) is 6.75. The van der Waals surface area contributed by atoms with Gasteiger partial charge in [0.05, 0.1) is 5.69 Å². The van der Waals surface area contributed by atoms with Crippen LogP contribution in [0.4, 0.5) is 11.4 Å². The van der Waals surface area contributed by atoms with Crippen molar-refractivity contribution in [3.05, 3.63) is 36.3 Å². The Morgan fingerprint density at radius 2 is 2.11 bits per heavy atom. The van der Waals surface area contributed by atoms with Crippen molar-refractivity contribution in [1.82, 2.24) is 9.55 Å². The molecule has 0 radical (unpaired) electrons. The molecule has 0 aliphatic carbocycles. The van der Waals surface area contributed by atoms with E-state index < -0.39 is 10.0 Å². The SMILES string of the molecule is Cc1nc(S(=O)(=O)Nc2cccc(N)c2)cn1C. The summed E-state index contributed by atoms with van der Waals surface area (Å²) in [5, 5.41) is -0.00933. The maximum Gasteiger partial charge on any atom is 0.280 e. The molecule has 0 aliphatic rings. The molecule has 6 nitrogen and oxygen atoms in total. The highest BCUT2D eigenvalue weighted by Crippen LogP contribution is 2.17. The molecule has 0 saturated carbocycles. The summed E-state index contributed by atoms with van der Waals surface area (Å²) in [4.78, 5) is 3.98. The van der Waals surface area contributed by atoms with E-state index in [-0.39, 0.29) is 5.03 Å². The van der Waals surface area contributed by atoms with E-state index in [0.29, 0.717) is 17.2 Å². The summed E-state index contributed by atoms with van der Waals surface area (Å²) in [7, 11) is -1.93. The first-order valence-electron chi connectivity index (χ1n) is 5.27. The fraction of sp³-hybridized carbons (Fsp3) is 0.182. The Morgan fingerprint density at radius 3 is 2.67 bits per heavy atom. The zero-order valence-corrected chi connectivity index (χ0v) is 10.9. The topological polar surface area (TPSA) is 90.0 Å². The molecule has 7 heteroatoms. The number of hydrogen-bond donors (Lipinski definition) is 2. The lowest BCUT2D eigenvalue weighted by Crippen LogP contribution is -2.13. The van der Waals surface area contributed by atoms with Crippen molar-refractivity contribution in [2.24, 2.45) is 7.05 Å². The molecule has 96 valence electrons. The Labute approximate surface area is 106 Å². The van der Waals surface area contributed by atoms with Crippen LogP contribution in [0.5, 0.6) is 0 Å². The standard InChI is InChI=1S/C11H14N4O2S/c1-8-13-11(7-15(8)2)18(16,17)14-10-5-3-4-9(12)6-10/h3-7,14H,12H2,1-2H3. The first-order chi connectivity index (χ1) is 8.38. The van der Waals surface area contributed by atoms with E-state index >= 15 is 0 Å². The fourth-order valence-electron chi connectivity index (χ4n) is 1.47. The summed E-state index contributed by atoms with van der Waals surface area (Å²) in [6.45, 7) is 1.74. The Balaban J connectivity index is 2.33. The maximum atomic E-state index is 12.1. The molecule has 1 aromatic carbocycles. The van der Waals surface area contributed by atoms with Crippen LogP contribution in [0, 0.1) is 6.92 Å². The van der Waals surface area contributed by atoms with Crippen molar-refractivity contribution < 1.29 is 8.42 Å². The second-order valence-corrected chi connectivity index (χ2v) is 5.60. The van der Waals surface area contributed by atoms with Crippen molar-refractivity contribution in [3.63, 3.8) is 0 Å². The summed E-state index contributed by atoms with van der Waals surface area (Å²) >= 11 is 0. The van der Waals surface area contributed by atoms with Crippen molar-refractivity contribution in [2.75, 3.05) is 10.5 Å². The molecule has 1 aromatic heterocycles. The Bertz CT molecular complexity index is 657. The van der Waals surface area contributed by atoms with E-state index in [1.807, 2.05) is 0 Å². The molecule has 0 saturated heterocycles. The molecule has 0 fully saturated rings. The molecule has 2 aromatic rings. The van der Waals surface area contributed by atoms with Gasteiger partial charge in [0.15, 0.2) is 5.03 Å². The zero-order chi connectivity index (χ0) is 13.3. The molecule has 0 unspecified atom stereocenters. The van der Waals surface area contributed by atoms with Gasteiger partial charge in [-0.25, -0.2) is 4.98 Å². The van der Waals surface area contributed by atoms with Crippen LogP contribution >= 0.6 is 0 Å². The lowest BCUT2D eigenvalue weighted by atomic mass is 10.3. The lowest BCUT2D eigenvalue weighted by Gasteiger charge is -2.05. The van der Waals surface area contributed by atoms with Gasteiger partial charge in [0, 0.05) is 18.9 Å². The number of sulfonamides is 1. The summed E-state index contributed by atoms with van der Waals surface area (Å²) in [6.07, 6.45) is 1.46. The molecule has 0 amide bonds. The van der Waals surface area contributed by atoms with Gasteiger partial charge in [-0.1, -0.05) is 6.07 Å². The van der Waals surface area contributed by atoms with Crippen LogP contribution in [-0.4, -0.2) is 18.0 Å². The van der Waals surface area contributed by atoms with Gasteiger partial charge < -0.3 is 10.3 Å². The largest absolute Gasteiger partial charge is 0.399 e. The highest BCUT2D eigenvalue weighted by Gasteiger charge is 2.18. The second kappa shape index (κ2) is 4.34. The van der Waals surface area contributed by atoms with Crippen LogP contribution in [0.25, 0.3) is 0 Å². The number of nitrogens with one attached hydrogen (secondary N) is 1. The molecule has 0 bridgehead atoms. The second-order valence-electron chi connectivity index (χ2n) is 3.97. The third-order valence-corrected chi connectivity index (χ3v) is 3.75. The van der Waals surface area contributed by atoms with Gasteiger partial charge in [0.2, 0.25) is 0 Å². The molecule has 0 spiro atoms. The van der Waals surface area contributed by atoms with Gasteiger partial charge in [-0.15, -0.1) is 0 Å². The van der Waals surface area contributed by atoms with Crippen LogP contribution in [0.2, 0.25) is 0 Å². The van der Waals surface area contributed by atoms with Gasteiger partial charge >= 0.3 is 0 Å². The maximum absolute atomic E-state index is 12.1.